The number of carbonyl (C=O) groups excluding carboxylic acids is 2. The van der Waals surface area contributed by atoms with Crippen LogP contribution >= 0.6 is 0 Å². The van der Waals surface area contributed by atoms with Crippen molar-refractivity contribution in [2.24, 2.45) is 5.73 Å². The Bertz CT molecular complexity index is 489. The third kappa shape index (κ3) is 3.45. The molecular formula is C13H18N4O2. The summed E-state index contributed by atoms with van der Waals surface area (Å²) in [4.78, 5) is 24.3. The standard InChI is InChI=1S/C13H18N4O2/c1-9-7-17(8-12(18)16-13(14)19)11-5-3-2-4-10(11)6-15-9/h2-5,9,15H,6-8H2,1H3,(H3,14,16,18,19). The molecule has 6 nitrogen and oxygen atoms in total. The summed E-state index contributed by atoms with van der Waals surface area (Å²) in [7, 11) is 0. The second kappa shape index (κ2) is 5.71. The molecule has 0 fully saturated rings. The van der Waals surface area contributed by atoms with Crippen molar-refractivity contribution in [1.82, 2.24) is 10.6 Å². The first kappa shape index (κ1) is 13.4. The fraction of sp³-hybridized carbons (Fsp3) is 0.385. The van der Waals surface area contributed by atoms with Gasteiger partial charge >= 0.3 is 6.03 Å². The number of benzene rings is 1. The summed E-state index contributed by atoms with van der Waals surface area (Å²) >= 11 is 0. The first-order chi connectivity index (χ1) is 9.06. The van der Waals surface area contributed by atoms with E-state index in [0.717, 1.165) is 17.8 Å². The molecule has 0 aliphatic carbocycles. The number of rotatable bonds is 2. The summed E-state index contributed by atoms with van der Waals surface area (Å²) in [6.07, 6.45) is 0. The molecule has 1 aromatic carbocycles. The number of carbonyl (C=O) groups is 2. The van der Waals surface area contributed by atoms with Crippen molar-refractivity contribution in [3.8, 4) is 0 Å². The Hall–Kier alpha value is -2.08. The molecule has 1 aliphatic heterocycles. The molecule has 102 valence electrons. The SMILES string of the molecule is CC1CN(CC(=O)NC(N)=O)c2ccccc2CN1. The highest BCUT2D eigenvalue weighted by atomic mass is 16.2. The quantitative estimate of drug-likeness (QED) is 0.709. The first-order valence-corrected chi connectivity index (χ1v) is 6.22. The first-order valence-electron chi connectivity index (χ1n) is 6.22. The molecule has 0 saturated carbocycles. The normalized spacial score (nSPS) is 18.4. The zero-order chi connectivity index (χ0) is 13.8. The number of nitrogens with two attached hydrogens (primary N) is 1. The topological polar surface area (TPSA) is 87.5 Å². The second-order valence-electron chi connectivity index (χ2n) is 4.70. The molecule has 1 aliphatic rings. The average molecular weight is 262 g/mol. The van der Waals surface area contributed by atoms with Gasteiger partial charge in [-0.1, -0.05) is 18.2 Å². The van der Waals surface area contributed by atoms with E-state index in [0.29, 0.717) is 6.54 Å². The maximum Gasteiger partial charge on any atom is 0.318 e. The van der Waals surface area contributed by atoms with E-state index in [1.807, 2.05) is 29.2 Å². The Morgan fingerprint density at radius 2 is 2.21 bits per heavy atom. The number of nitrogens with zero attached hydrogens (tertiary/aromatic N) is 1. The number of primary amides is 1. The summed E-state index contributed by atoms with van der Waals surface area (Å²) in [5.41, 5.74) is 7.10. The van der Waals surface area contributed by atoms with E-state index in [1.54, 1.807) is 0 Å². The minimum absolute atomic E-state index is 0.117. The lowest BCUT2D eigenvalue weighted by atomic mass is 10.1. The summed E-state index contributed by atoms with van der Waals surface area (Å²) in [6, 6.07) is 7.35. The van der Waals surface area contributed by atoms with Gasteiger partial charge in [0.25, 0.3) is 0 Å². The van der Waals surface area contributed by atoms with Gasteiger partial charge in [-0.2, -0.15) is 0 Å². The molecule has 0 spiro atoms. The summed E-state index contributed by atoms with van der Waals surface area (Å²) in [6.45, 7) is 3.64. The van der Waals surface area contributed by atoms with E-state index >= 15 is 0 Å². The van der Waals surface area contributed by atoms with Crippen molar-refractivity contribution < 1.29 is 9.59 Å². The Kier molecular flexibility index (Phi) is 4.01. The van der Waals surface area contributed by atoms with Crippen molar-refractivity contribution >= 4 is 17.6 Å². The van der Waals surface area contributed by atoms with Crippen LogP contribution in [0.15, 0.2) is 24.3 Å². The van der Waals surface area contributed by atoms with Crippen LogP contribution in [0.25, 0.3) is 0 Å². The molecule has 3 amide bonds. The predicted molar refractivity (Wildman–Crippen MR) is 72.7 cm³/mol. The lowest BCUT2D eigenvalue weighted by Crippen LogP contribution is -2.45. The maximum atomic E-state index is 11.7. The molecule has 0 bridgehead atoms. The highest BCUT2D eigenvalue weighted by Gasteiger charge is 2.20. The lowest BCUT2D eigenvalue weighted by Gasteiger charge is -2.25. The Morgan fingerprint density at radius 1 is 1.47 bits per heavy atom. The van der Waals surface area contributed by atoms with E-state index in [2.05, 4.69) is 17.6 Å². The van der Waals surface area contributed by atoms with Crippen LogP contribution in [0.2, 0.25) is 0 Å². The van der Waals surface area contributed by atoms with Gasteiger partial charge in [0.15, 0.2) is 0 Å². The van der Waals surface area contributed by atoms with Crippen molar-refractivity contribution in [3.05, 3.63) is 29.8 Å². The molecule has 6 heteroatoms. The molecule has 19 heavy (non-hydrogen) atoms. The van der Waals surface area contributed by atoms with Crippen LogP contribution in [-0.2, 0) is 11.3 Å². The van der Waals surface area contributed by atoms with Crippen molar-refractivity contribution in [2.75, 3.05) is 18.0 Å². The van der Waals surface area contributed by atoms with Crippen LogP contribution in [-0.4, -0.2) is 31.1 Å². The van der Waals surface area contributed by atoms with Crippen molar-refractivity contribution in [2.45, 2.75) is 19.5 Å². The van der Waals surface area contributed by atoms with Gasteiger partial charge in [0, 0.05) is 24.8 Å². The van der Waals surface area contributed by atoms with Crippen LogP contribution < -0.4 is 21.3 Å². The van der Waals surface area contributed by atoms with Crippen LogP contribution in [0, 0.1) is 0 Å². The molecule has 0 aromatic heterocycles. The van der Waals surface area contributed by atoms with Gasteiger partial charge in [-0.25, -0.2) is 4.79 Å². The molecule has 1 unspecified atom stereocenters. The number of para-hydroxylation sites is 1. The number of hydrogen-bond donors (Lipinski definition) is 3. The lowest BCUT2D eigenvalue weighted by molar-refractivity contribution is -0.118. The molecule has 4 N–H and O–H groups in total. The van der Waals surface area contributed by atoms with Gasteiger partial charge < -0.3 is 16.0 Å². The van der Waals surface area contributed by atoms with Gasteiger partial charge in [-0.15, -0.1) is 0 Å². The summed E-state index contributed by atoms with van der Waals surface area (Å²) in [5.74, 6) is -0.392. The smallest absolute Gasteiger partial charge is 0.318 e. The largest absolute Gasteiger partial charge is 0.360 e. The molecule has 0 saturated heterocycles. The molecule has 0 radical (unpaired) electrons. The molecule has 1 atom stereocenters. The van der Waals surface area contributed by atoms with Crippen LogP contribution in [0.5, 0.6) is 0 Å². The predicted octanol–water partition coefficient (Wildman–Crippen LogP) is 0.180. The minimum Gasteiger partial charge on any atom is -0.360 e. The Labute approximate surface area is 112 Å². The molecule has 2 rings (SSSR count). The number of hydrogen-bond acceptors (Lipinski definition) is 4. The Morgan fingerprint density at radius 3 is 2.95 bits per heavy atom. The fourth-order valence-electron chi connectivity index (χ4n) is 2.25. The monoisotopic (exact) mass is 262 g/mol. The van der Waals surface area contributed by atoms with Crippen LogP contribution in [0.4, 0.5) is 10.5 Å². The molecule has 1 aromatic rings. The highest BCUT2D eigenvalue weighted by molar-refractivity contribution is 5.95. The minimum atomic E-state index is -0.820. The average Bonchev–Trinajstić information content (AvgIpc) is 2.49. The van der Waals surface area contributed by atoms with E-state index < -0.39 is 11.9 Å². The zero-order valence-corrected chi connectivity index (χ0v) is 10.8. The second-order valence-corrected chi connectivity index (χ2v) is 4.70. The van der Waals surface area contributed by atoms with Gasteiger partial charge in [0.2, 0.25) is 5.91 Å². The van der Waals surface area contributed by atoms with Crippen molar-refractivity contribution in [3.63, 3.8) is 0 Å². The number of nitrogens with one attached hydrogen (secondary N) is 2. The molecular weight excluding hydrogens is 244 g/mol. The van der Waals surface area contributed by atoms with Gasteiger partial charge in [0.1, 0.15) is 0 Å². The van der Waals surface area contributed by atoms with E-state index in [-0.39, 0.29) is 12.6 Å². The summed E-state index contributed by atoms with van der Waals surface area (Å²) in [5, 5.41) is 5.47. The summed E-state index contributed by atoms with van der Waals surface area (Å²) < 4.78 is 0. The highest BCUT2D eigenvalue weighted by Crippen LogP contribution is 2.22. The number of urea groups is 1. The maximum absolute atomic E-state index is 11.7. The number of fused-ring (bicyclic) bond motifs is 1. The van der Waals surface area contributed by atoms with Crippen molar-refractivity contribution in [1.29, 1.82) is 0 Å². The molecule has 1 heterocycles. The third-order valence-electron chi connectivity index (χ3n) is 3.06. The third-order valence-corrected chi connectivity index (χ3v) is 3.06. The van der Waals surface area contributed by atoms with Gasteiger partial charge in [-0.3, -0.25) is 10.1 Å². The van der Waals surface area contributed by atoms with E-state index in [9.17, 15) is 9.59 Å². The van der Waals surface area contributed by atoms with E-state index in [1.165, 1.54) is 0 Å². The Balaban J connectivity index is 2.17. The zero-order valence-electron chi connectivity index (χ0n) is 10.8. The fourth-order valence-corrected chi connectivity index (χ4v) is 2.25. The number of anilines is 1. The van der Waals surface area contributed by atoms with E-state index in [4.69, 9.17) is 5.73 Å². The number of amides is 3. The van der Waals surface area contributed by atoms with Gasteiger partial charge in [0.05, 0.1) is 6.54 Å². The van der Waals surface area contributed by atoms with Crippen LogP contribution in [0.1, 0.15) is 12.5 Å². The van der Waals surface area contributed by atoms with Gasteiger partial charge in [-0.05, 0) is 18.6 Å². The number of imide groups is 1. The van der Waals surface area contributed by atoms with Crippen LogP contribution in [0.3, 0.4) is 0 Å².